The molecule has 1 aliphatic heterocycles. The van der Waals surface area contributed by atoms with Crippen molar-refractivity contribution in [1.82, 2.24) is 9.88 Å². The molecule has 2 rings (SSSR count). The fraction of sp³-hybridized carbons (Fsp3) is 0.625. The minimum atomic E-state index is -0.148. The summed E-state index contributed by atoms with van der Waals surface area (Å²) in [5.74, 6) is 0.469. The summed E-state index contributed by atoms with van der Waals surface area (Å²) in [7, 11) is 0. The van der Waals surface area contributed by atoms with Gasteiger partial charge in [0, 0.05) is 17.7 Å². The third-order valence-corrected chi connectivity index (χ3v) is 3.90. The summed E-state index contributed by atoms with van der Waals surface area (Å²) in [6, 6.07) is 5.58. The van der Waals surface area contributed by atoms with E-state index in [-0.39, 0.29) is 16.5 Å². The van der Waals surface area contributed by atoms with Gasteiger partial charge in [-0.3, -0.25) is 4.79 Å². The van der Waals surface area contributed by atoms with Gasteiger partial charge in [0.15, 0.2) is 0 Å². The van der Waals surface area contributed by atoms with Gasteiger partial charge >= 0.3 is 0 Å². The highest BCUT2D eigenvalue weighted by molar-refractivity contribution is 5.30. The SMILES string of the molecule is CC(C)(C)c1ccc(C#N)c(=O)n1CC1CCCNC1. The fourth-order valence-corrected chi connectivity index (χ4v) is 2.84. The molecule has 0 bridgehead atoms. The summed E-state index contributed by atoms with van der Waals surface area (Å²) in [4.78, 5) is 12.5. The van der Waals surface area contributed by atoms with Gasteiger partial charge < -0.3 is 9.88 Å². The van der Waals surface area contributed by atoms with Crippen molar-refractivity contribution in [2.24, 2.45) is 5.92 Å². The lowest BCUT2D eigenvalue weighted by Gasteiger charge is -2.29. The molecule has 1 N–H and O–H groups in total. The summed E-state index contributed by atoms with van der Waals surface area (Å²) in [6.45, 7) is 9.02. The molecule has 4 nitrogen and oxygen atoms in total. The molecule has 1 atom stereocenters. The molecule has 1 saturated heterocycles. The summed E-state index contributed by atoms with van der Waals surface area (Å²) < 4.78 is 1.82. The van der Waals surface area contributed by atoms with Gasteiger partial charge in [0.1, 0.15) is 11.6 Å². The second-order valence-corrected chi connectivity index (χ2v) is 6.62. The van der Waals surface area contributed by atoms with Crippen molar-refractivity contribution < 1.29 is 0 Å². The number of nitrogens with zero attached hydrogens (tertiary/aromatic N) is 2. The molecule has 20 heavy (non-hydrogen) atoms. The largest absolute Gasteiger partial charge is 0.316 e. The lowest BCUT2D eigenvalue weighted by Crippen LogP contribution is -2.38. The number of piperidine rings is 1. The third-order valence-electron chi connectivity index (χ3n) is 3.90. The second-order valence-electron chi connectivity index (χ2n) is 6.62. The van der Waals surface area contributed by atoms with Crippen LogP contribution in [0, 0.1) is 17.2 Å². The molecule has 1 aromatic rings. The molecule has 4 heteroatoms. The van der Waals surface area contributed by atoms with Crippen LogP contribution in [-0.4, -0.2) is 17.7 Å². The molecule has 0 aliphatic carbocycles. The molecule has 0 aromatic carbocycles. The minimum absolute atomic E-state index is 0.102. The molecule has 1 aliphatic rings. The third kappa shape index (κ3) is 3.10. The van der Waals surface area contributed by atoms with Crippen molar-refractivity contribution in [3.63, 3.8) is 0 Å². The van der Waals surface area contributed by atoms with Gasteiger partial charge in [0.05, 0.1) is 0 Å². The molecule has 1 unspecified atom stereocenters. The predicted molar refractivity (Wildman–Crippen MR) is 79.7 cm³/mol. The van der Waals surface area contributed by atoms with Crippen LogP contribution in [0.3, 0.4) is 0 Å². The normalized spacial score (nSPS) is 19.6. The smallest absolute Gasteiger partial charge is 0.268 e. The Bertz CT molecular complexity index is 569. The number of rotatable bonds is 2. The quantitative estimate of drug-likeness (QED) is 0.897. The second kappa shape index (κ2) is 5.80. The zero-order valence-electron chi connectivity index (χ0n) is 12.6. The van der Waals surface area contributed by atoms with E-state index in [1.807, 2.05) is 16.7 Å². The van der Waals surface area contributed by atoms with Crippen LogP contribution < -0.4 is 10.9 Å². The van der Waals surface area contributed by atoms with Crippen LogP contribution in [-0.2, 0) is 12.0 Å². The van der Waals surface area contributed by atoms with Gasteiger partial charge in [-0.05, 0) is 44.0 Å². The first-order chi connectivity index (χ1) is 9.43. The molecular weight excluding hydrogens is 250 g/mol. The first-order valence-corrected chi connectivity index (χ1v) is 7.28. The van der Waals surface area contributed by atoms with E-state index in [2.05, 4.69) is 26.1 Å². The van der Waals surface area contributed by atoms with E-state index in [4.69, 9.17) is 5.26 Å². The van der Waals surface area contributed by atoms with E-state index < -0.39 is 0 Å². The number of nitriles is 1. The van der Waals surface area contributed by atoms with Crippen molar-refractivity contribution in [2.45, 2.75) is 45.6 Å². The van der Waals surface area contributed by atoms with Gasteiger partial charge in [-0.25, -0.2) is 0 Å². The summed E-state index contributed by atoms with van der Waals surface area (Å²) in [5, 5.41) is 12.4. The summed E-state index contributed by atoms with van der Waals surface area (Å²) in [6.07, 6.45) is 2.29. The maximum Gasteiger partial charge on any atom is 0.268 e. The Labute approximate surface area is 120 Å². The van der Waals surface area contributed by atoms with E-state index >= 15 is 0 Å². The van der Waals surface area contributed by atoms with Crippen LogP contribution >= 0.6 is 0 Å². The molecule has 1 aromatic heterocycles. The lowest BCUT2D eigenvalue weighted by molar-refractivity contribution is 0.323. The van der Waals surface area contributed by atoms with E-state index in [1.54, 1.807) is 6.07 Å². The number of hydrogen-bond acceptors (Lipinski definition) is 3. The lowest BCUT2D eigenvalue weighted by atomic mass is 9.90. The van der Waals surface area contributed by atoms with Crippen molar-refractivity contribution in [3.05, 3.63) is 33.7 Å². The zero-order valence-corrected chi connectivity index (χ0v) is 12.6. The first kappa shape index (κ1) is 14.8. The van der Waals surface area contributed by atoms with Crippen LogP contribution in [0.15, 0.2) is 16.9 Å². The van der Waals surface area contributed by atoms with Crippen LogP contribution in [0.2, 0.25) is 0 Å². The van der Waals surface area contributed by atoms with Crippen LogP contribution in [0.4, 0.5) is 0 Å². The van der Waals surface area contributed by atoms with E-state index in [0.29, 0.717) is 12.5 Å². The average molecular weight is 273 g/mol. The molecule has 1 fully saturated rings. The average Bonchev–Trinajstić information content (AvgIpc) is 2.41. The molecule has 0 spiro atoms. The monoisotopic (exact) mass is 273 g/mol. The Hall–Kier alpha value is -1.60. The Morgan fingerprint density at radius 2 is 2.20 bits per heavy atom. The van der Waals surface area contributed by atoms with Crippen molar-refractivity contribution in [1.29, 1.82) is 5.26 Å². The summed E-state index contributed by atoms with van der Waals surface area (Å²) >= 11 is 0. The van der Waals surface area contributed by atoms with Crippen LogP contribution in [0.5, 0.6) is 0 Å². The zero-order chi connectivity index (χ0) is 14.8. The van der Waals surface area contributed by atoms with Gasteiger partial charge in [-0.2, -0.15) is 5.26 Å². The Morgan fingerprint density at radius 3 is 2.75 bits per heavy atom. The molecule has 0 amide bonds. The highest BCUT2D eigenvalue weighted by atomic mass is 16.1. The first-order valence-electron chi connectivity index (χ1n) is 7.28. The Kier molecular flexibility index (Phi) is 4.29. The van der Waals surface area contributed by atoms with Gasteiger partial charge in [0.25, 0.3) is 5.56 Å². The van der Waals surface area contributed by atoms with Crippen molar-refractivity contribution in [3.8, 4) is 6.07 Å². The van der Waals surface area contributed by atoms with Crippen LogP contribution in [0.25, 0.3) is 0 Å². The van der Waals surface area contributed by atoms with Crippen molar-refractivity contribution >= 4 is 0 Å². The van der Waals surface area contributed by atoms with Gasteiger partial charge in [0.2, 0.25) is 0 Å². The topological polar surface area (TPSA) is 57.8 Å². The van der Waals surface area contributed by atoms with Crippen molar-refractivity contribution in [2.75, 3.05) is 13.1 Å². The summed E-state index contributed by atoms with van der Waals surface area (Å²) in [5.41, 5.74) is 0.995. The molecule has 108 valence electrons. The minimum Gasteiger partial charge on any atom is -0.316 e. The highest BCUT2D eigenvalue weighted by Gasteiger charge is 2.23. The molecule has 2 heterocycles. The fourth-order valence-electron chi connectivity index (χ4n) is 2.84. The Morgan fingerprint density at radius 1 is 1.45 bits per heavy atom. The maximum absolute atomic E-state index is 12.5. The van der Waals surface area contributed by atoms with Gasteiger partial charge in [-0.15, -0.1) is 0 Å². The number of nitrogens with one attached hydrogen (secondary N) is 1. The number of hydrogen-bond donors (Lipinski definition) is 1. The number of pyridine rings is 1. The predicted octanol–water partition coefficient (Wildman–Crippen LogP) is 2.02. The maximum atomic E-state index is 12.5. The Balaban J connectivity index is 2.42. The van der Waals surface area contributed by atoms with E-state index in [0.717, 1.165) is 31.6 Å². The molecular formula is C16H23N3O. The molecule has 0 radical (unpaired) electrons. The number of aromatic nitrogens is 1. The highest BCUT2D eigenvalue weighted by Crippen LogP contribution is 2.23. The molecule has 0 saturated carbocycles. The van der Waals surface area contributed by atoms with Gasteiger partial charge in [-0.1, -0.05) is 20.8 Å². The van der Waals surface area contributed by atoms with Crippen LogP contribution in [0.1, 0.15) is 44.9 Å². The van der Waals surface area contributed by atoms with E-state index in [9.17, 15) is 4.79 Å². The van der Waals surface area contributed by atoms with E-state index in [1.165, 1.54) is 0 Å². The standard InChI is InChI=1S/C16H23N3O/c1-16(2,3)14-7-6-13(9-17)15(20)19(14)11-12-5-4-8-18-10-12/h6-7,12,18H,4-5,8,10-11H2,1-3H3.